The van der Waals surface area contributed by atoms with Gasteiger partial charge in [-0.05, 0) is 24.5 Å². The number of H-pyrrole nitrogens is 2. The lowest BCUT2D eigenvalue weighted by molar-refractivity contribution is 0.137. The van der Waals surface area contributed by atoms with Crippen LogP contribution in [0.15, 0.2) is 17.3 Å². The maximum atomic E-state index is 11.7. The Morgan fingerprint density at radius 3 is 3.10 bits per heavy atom. The van der Waals surface area contributed by atoms with E-state index < -0.39 is 0 Å². The fourth-order valence-electron chi connectivity index (χ4n) is 3.07. The molecule has 2 aromatic rings. The molecular formula is C14H20N4O2S. The van der Waals surface area contributed by atoms with Gasteiger partial charge in [-0.3, -0.25) is 9.69 Å². The average Bonchev–Trinajstić information content (AvgIpc) is 3.02. The van der Waals surface area contributed by atoms with Gasteiger partial charge in [-0.15, -0.1) is 0 Å². The monoisotopic (exact) mass is 308 g/mol. The second-order valence-electron chi connectivity index (χ2n) is 5.66. The number of aromatic nitrogens is 3. The van der Waals surface area contributed by atoms with Crippen molar-refractivity contribution in [3.8, 4) is 0 Å². The summed E-state index contributed by atoms with van der Waals surface area (Å²) < 4.78 is 0. The molecule has 1 saturated heterocycles. The quantitative estimate of drug-likeness (QED) is 0.614. The molecule has 7 heteroatoms. The van der Waals surface area contributed by atoms with Crippen molar-refractivity contribution in [1.29, 1.82) is 0 Å². The molecule has 1 fully saturated rings. The number of β-amino-alcohol motifs (C(OH)–C–C–N with tert-alkyl or cyclic N) is 1. The highest BCUT2D eigenvalue weighted by Crippen LogP contribution is 2.24. The van der Waals surface area contributed by atoms with Crippen LogP contribution in [0.25, 0.3) is 11.0 Å². The van der Waals surface area contributed by atoms with Crippen LogP contribution in [0.1, 0.15) is 18.4 Å². The van der Waals surface area contributed by atoms with Crippen molar-refractivity contribution >= 4 is 23.7 Å². The minimum atomic E-state index is -0.272. The minimum absolute atomic E-state index is 0.153. The summed E-state index contributed by atoms with van der Waals surface area (Å²) in [6.07, 6.45) is 5.03. The van der Waals surface area contributed by atoms with Crippen LogP contribution in [-0.2, 0) is 6.54 Å². The summed E-state index contributed by atoms with van der Waals surface area (Å²) in [4.78, 5) is 23.7. The lowest BCUT2D eigenvalue weighted by Gasteiger charge is -2.14. The Labute approximate surface area is 128 Å². The van der Waals surface area contributed by atoms with Gasteiger partial charge >= 0.3 is 0 Å². The van der Waals surface area contributed by atoms with Gasteiger partial charge in [0.1, 0.15) is 5.52 Å². The van der Waals surface area contributed by atoms with E-state index in [1.165, 1.54) is 6.33 Å². The van der Waals surface area contributed by atoms with Crippen LogP contribution in [0.5, 0.6) is 0 Å². The first-order valence-electron chi connectivity index (χ1n) is 7.24. The Morgan fingerprint density at radius 1 is 1.43 bits per heavy atom. The summed E-state index contributed by atoms with van der Waals surface area (Å²) in [5.41, 5.74) is 2.07. The molecule has 0 radical (unpaired) electrons. The van der Waals surface area contributed by atoms with E-state index in [1.54, 1.807) is 0 Å². The van der Waals surface area contributed by atoms with E-state index in [0.717, 1.165) is 30.7 Å². The molecule has 0 bridgehead atoms. The van der Waals surface area contributed by atoms with E-state index in [1.807, 2.05) is 6.20 Å². The maximum absolute atomic E-state index is 11.7. The lowest BCUT2D eigenvalue weighted by atomic mass is 10.0. The van der Waals surface area contributed by atoms with Gasteiger partial charge in [0.25, 0.3) is 5.56 Å². The molecule has 2 aromatic heterocycles. The molecule has 3 N–H and O–H groups in total. The number of aromatic amines is 2. The van der Waals surface area contributed by atoms with E-state index in [-0.39, 0.29) is 11.7 Å². The number of hydrogen-bond donors (Lipinski definition) is 4. The molecule has 1 aliphatic rings. The average molecular weight is 308 g/mol. The number of aliphatic hydroxyl groups excluding tert-OH is 1. The van der Waals surface area contributed by atoms with Crippen molar-refractivity contribution in [3.63, 3.8) is 0 Å². The van der Waals surface area contributed by atoms with Crippen LogP contribution in [0.4, 0.5) is 0 Å². The number of likely N-dealkylation sites (tertiary alicyclic amines) is 1. The number of hydrogen-bond acceptors (Lipinski definition) is 5. The van der Waals surface area contributed by atoms with Crippen LogP contribution in [0, 0.1) is 5.92 Å². The van der Waals surface area contributed by atoms with Gasteiger partial charge in [-0.2, -0.15) is 12.6 Å². The predicted octanol–water partition coefficient (Wildman–Crippen LogP) is 0.754. The van der Waals surface area contributed by atoms with Crippen molar-refractivity contribution in [2.24, 2.45) is 5.92 Å². The molecule has 114 valence electrons. The lowest BCUT2D eigenvalue weighted by Crippen LogP contribution is -2.21. The molecule has 0 unspecified atom stereocenters. The largest absolute Gasteiger partial charge is 0.391 e. The molecule has 0 amide bonds. The third kappa shape index (κ3) is 3.00. The molecule has 0 spiro atoms. The van der Waals surface area contributed by atoms with Gasteiger partial charge in [0, 0.05) is 31.4 Å². The summed E-state index contributed by atoms with van der Waals surface area (Å²) >= 11 is 4.23. The standard InChI is InChI=1S/C14H20N4O2S/c19-11-7-18(5-9(11)2-1-3-21)6-10-4-15-13-12(10)16-8-17-14(13)20/h4,8-9,11,15,19,21H,1-3,5-7H2,(H,16,17,20)/t9-,11-/m1/s1. The van der Waals surface area contributed by atoms with Gasteiger partial charge in [0.15, 0.2) is 0 Å². The van der Waals surface area contributed by atoms with Crippen LogP contribution in [0.2, 0.25) is 0 Å². The maximum Gasteiger partial charge on any atom is 0.275 e. The molecule has 0 aromatic carbocycles. The second kappa shape index (κ2) is 6.21. The number of nitrogens with zero attached hydrogens (tertiary/aromatic N) is 2. The molecule has 3 rings (SSSR count). The predicted molar refractivity (Wildman–Crippen MR) is 84.6 cm³/mol. The summed E-state index contributed by atoms with van der Waals surface area (Å²) in [7, 11) is 0. The highest BCUT2D eigenvalue weighted by Gasteiger charge is 2.31. The van der Waals surface area contributed by atoms with E-state index in [0.29, 0.717) is 30.0 Å². The van der Waals surface area contributed by atoms with Gasteiger partial charge in [-0.1, -0.05) is 0 Å². The Balaban J connectivity index is 1.72. The topological polar surface area (TPSA) is 85.0 Å². The molecule has 1 aliphatic heterocycles. The Morgan fingerprint density at radius 2 is 2.29 bits per heavy atom. The normalized spacial score (nSPS) is 23.1. The fraction of sp³-hybridized carbons (Fsp3) is 0.571. The van der Waals surface area contributed by atoms with E-state index >= 15 is 0 Å². The van der Waals surface area contributed by atoms with Crippen molar-refractivity contribution < 1.29 is 5.11 Å². The zero-order valence-electron chi connectivity index (χ0n) is 11.7. The number of nitrogens with one attached hydrogen (secondary N) is 2. The first kappa shape index (κ1) is 14.6. The first-order valence-corrected chi connectivity index (χ1v) is 7.87. The molecule has 6 nitrogen and oxygen atoms in total. The van der Waals surface area contributed by atoms with Crippen molar-refractivity contribution in [1.82, 2.24) is 19.9 Å². The molecule has 0 saturated carbocycles. The Hall–Kier alpha value is -1.31. The molecular weight excluding hydrogens is 288 g/mol. The number of aliphatic hydroxyl groups is 1. The van der Waals surface area contributed by atoms with E-state index in [2.05, 4.69) is 32.5 Å². The zero-order valence-corrected chi connectivity index (χ0v) is 12.6. The zero-order chi connectivity index (χ0) is 14.8. The summed E-state index contributed by atoms with van der Waals surface area (Å²) in [6, 6.07) is 0. The third-order valence-corrected chi connectivity index (χ3v) is 4.47. The van der Waals surface area contributed by atoms with Gasteiger partial charge in [0.2, 0.25) is 0 Å². The van der Waals surface area contributed by atoms with Crippen LogP contribution < -0.4 is 5.56 Å². The minimum Gasteiger partial charge on any atom is -0.391 e. The summed E-state index contributed by atoms with van der Waals surface area (Å²) in [5.74, 6) is 1.18. The van der Waals surface area contributed by atoms with Crippen LogP contribution in [0.3, 0.4) is 0 Å². The summed E-state index contributed by atoms with van der Waals surface area (Å²) in [5, 5.41) is 10.1. The van der Waals surface area contributed by atoms with Gasteiger partial charge < -0.3 is 15.1 Å². The molecule has 3 heterocycles. The SMILES string of the molecule is O=c1[nH]cnc2c(CN3C[C@@H](CCCS)[C@H](O)C3)c[nH]c12. The highest BCUT2D eigenvalue weighted by molar-refractivity contribution is 7.80. The van der Waals surface area contributed by atoms with Gasteiger partial charge in [-0.25, -0.2) is 4.98 Å². The number of fused-ring (bicyclic) bond motifs is 1. The van der Waals surface area contributed by atoms with Crippen LogP contribution in [-0.4, -0.2) is 49.9 Å². The fourth-order valence-corrected chi connectivity index (χ4v) is 3.26. The summed E-state index contributed by atoms with van der Waals surface area (Å²) in [6.45, 7) is 2.25. The van der Waals surface area contributed by atoms with Crippen molar-refractivity contribution in [2.45, 2.75) is 25.5 Å². The molecule has 2 atom stereocenters. The van der Waals surface area contributed by atoms with E-state index in [4.69, 9.17) is 0 Å². The van der Waals surface area contributed by atoms with Crippen molar-refractivity contribution in [3.05, 3.63) is 28.4 Å². The van der Waals surface area contributed by atoms with E-state index in [9.17, 15) is 9.90 Å². The first-order chi connectivity index (χ1) is 10.2. The highest BCUT2D eigenvalue weighted by atomic mass is 32.1. The third-order valence-electron chi connectivity index (χ3n) is 4.16. The van der Waals surface area contributed by atoms with Crippen molar-refractivity contribution in [2.75, 3.05) is 18.8 Å². The second-order valence-corrected chi connectivity index (χ2v) is 6.10. The number of rotatable bonds is 5. The number of thiol groups is 1. The molecule has 21 heavy (non-hydrogen) atoms. The Kier molecular flexibility index (Phi) is 4.32. The smallest absolute Gasteiger partial charge is 0.275 e. The van der Waals surface area contributed by atoms with Gasteiger partial charge in [0.05, 0.1) is 17.9 Å². The Bertz CT molecular complexity index is 668. The molecule has 0 aliphatic carbocycles. The van der Waals surface area contributed by atoms with Crippen LogP contribution >= 0.6 is 12.6 Å².